The van der Waals surface area contributed by atoms with Gasteiger partial charge in [0, 0.05) is 32.2 Å². The van der Waals surface area contributed by atoms with E-state index in [1.807, 2.05) is 31.2 Å². The first-order valence-electron chi connectivity index (χ1n) is 10.3. The highest BCUT2D eigenvalue weighted by atomic mass is 35.5. The summed E-state index contributed by atoms with van der Waals surface area (Å²) in [6.07, 6.45) is 4.08. The molecule has 0 aromatic heterocycles. The zero-order valence-corrected chi connectivity index (χ0v) is 19.4. The van der Waals surface area contributed by atoms with Gasteiger partial charge in [0.05, 0.1) is 6.61 Å². The number of benzene rings is 2. The van der Waals surface area contributed by atoms with Gasteiger partial charge in [-0.3, -0.25) is 4.90 Å². The fraction of sp³-hybridized carbons (Fsp3) is 0.417. The van der Waals surface area contributed by atoms with E-state index in [1.54, 1.807) is 0 Å². The zero-order valence-electron chi connectivity index (χ0n) is 17.7. The van der Waals surface area contributed by atoms with E-state index in [1.165, 1.54) is 5.56 Å². The molecule has 1 fully saturated rings. The third-order valence-corrected chi connectivity index (χ3v) is 5.13. The summed E-state index contributed by atoms with van der Waals surface area (Å²) in [6.45, 7) is 11.3. The first-order valence-corrected chi connectivity index (χ1v) is 10.3. The van der Waals surface area contributed by atoms with Crippen LogP contribution in [0.2, 0.25) is 0 Å². The molecule has 4 nitrogen and oxygen atoms in total. The van der Waals surface area contributed by atoms with Gasteiger partial charge in [-0.2, -0.15) is 0 Å². The van der Waals surface area contributed by atoms with E-state index in [9.17, 15) is 0 Å². The van der Waals surface area contributed by atoms with E-state index >= 15 is 0 Å². The zero-order chi connectivity index (χ0) is 19.6. The van der Waals surface area contributed by atoms with Crippen molar-refractivity contribution in [3.05, 3.63) is 72.3 Å². The summed E-state index contributed by atoms with van der Waals surface area (Å²) in [7, 11) is 0. The first kappa shape index (κ1) is 26.3. The molecule has 1 saturated heterocycles. The van der Waals surface area contributed by atoms with Crippen molar-refractivity contribution >= 4 is 24.8 Å². The van der Waals surface area contributed by atoms with Crippen molar-refractivity contribution in [3.63, 3.8) is 0 Å². The monoisotopic (exact) mass is 452 g/mol. The molecular weight excluding hydrogens is 419 g/mol. The van der Waals surface area contributed by atoms with Crippen LogP contribution >= 0.6 is 24.8 Å². The lowest BCUT2D eigenvalue weighted by Crippen LogP contribution is -2.45. The minimum Gasteiger partial charge on any atom is -0.490 e. The second kappa shape index (κ2) is 14.3. The second-order valence-electron chi connectivity index (χ2n) is 7.08. The van der Waals surface area contributed by atoms with E-state index in [0.717, 1.165) is 56.1 Å². The Hall–Kier alpha value is -1.72. The summed E-state index contributed by atoms with van der Waals surface area (Å²) >= 11 is 0. The van der Waals surface area contributed by atoms with Gasteiger partial charge in [0.1, 0.15) is 6.61 Å². The van der Waals surface area contributed by atoms with Gasteiger partial charge in [-0.25, -0.2) is 0 Å². The molecule has 0 unspecified atom stereocenters. The van der Waals surface area contributed by atoms with Crippen LogP contribution in [0.4, 0.5) is 0 Å². The van der Waals surface area contributed by atoms with Crippen LogP contribution in [-0.4, -0.2) is 37.7 Å². The predicted molar refractivity (Wildman–Crippen MR) is 129 cm³/mol. The van der Waals surface area contributed by atoms with Gasteiger partial charge in [0.15, 0.2) is 11.5 Å². The highest BCUT2D eigenvalue weighted by Crippen LogP contribution is 2.35. The van der Waals surface area contributed by atoms with Crippen LogP contribution in [0.5, 0.6) is 11.5 Å². The average Bonchev–Trinajstić information content (AvgIpc) is 2.75. The van der Waals surface area contributed by atoms with Gasteiger partial charge in [-0.1, -0.05) is 42.5 Å². The minimum absolute atomic E-state index is 0. The highest BCUT2D eigenvalue weighted by Gasteiger charge is 2.23. The largest absolute Gasteiger partial charge is 0.490 e. The third-order valence-electron chi connectivity index (χ3n) is 5.13. The Morgan fingerprint density at radius 3 is 2.43 bits per heavy atom. The standard InChI is InChI=1S/C24H32N2O2.2ClH/c1-3-5-11-22(26-16-14-25-15-17-26)21-12-13-23(24(18-21)27-4-2)28-19-20-9-7-6-8-10-20;;/h3,6-10,12-13,18,22,25H,1,4-5,11,14-17,19H2,2H3;2*1H/t22-;;/m1../s1. The smallest absolute Gasteiger partial charge is 0.161 e. The van der Waals surface area contributed by atoms with E-state index in [-0.39, 0.29) is 24.8 Å². The number of nitrogens with zero attached hydrogens (tertiary/aromatic N) is 1. The average molecular weight is 453 g/mol. The van der Waals surface area contributed by atoms with Crippen molar-refractivity contribution in [1.82, 2.24) is 10.2 Å². The number of hydrogen-bond acceptors (Lipinski definition) is 4. The van der Waals surface area contributed by atoms with Crippen LogP contribution in [0.15, 0.2) is 61.2 Å². The predicted octanol–water partition coefficient (Wildman–Crippen LogP) is 5.42. The van der Waals surface area contributed by atoms with Crippen molar-refractivity contribution < 1.29 is 9.47 Å². The van der Waals surface area contributed by atoms with E-state index in [4.69, 9.17) is 9.47 Å². The number of piperazine rings is 1. The highest BCUT2D eigenvalue weighted by molar-refractivity contribution is 5.85. The molecular formula is C24H34Cl2N2O2. The Morgan fingerprint density at radius 1 is 1.03 bits per heavy atom. The molecule has 1 aliphatic heterocycles. The molecule has 2 aromatic rings. The molecule has 0 saturated carbocycles. The third kappa shape index (κ3) is 7.51. The van der Waals surface area contributed by atoms with Gasteiger partial charge in [-0.05, 0) is 43.0 Å². The molecule has 6 heteroatoms. The second-order valence-corrected chi connectivity index (χ2v) is 7.08. The molecule has 2 aromatic carbocycles. The van der Waals surface area contributed by atoms with Gasteiger partial charge in [0.2, 0.25) is 0 Å². The lowest BCUT2D eigenvalue weighted by molar-refractivity contribution is 0.165. The van der Waals surface area contributed by atoms with Crippen molar-refractivity contribution in [1.29, 1.82) is 0 Å². The molecule has 0 radical (unpaired) electrons. The van der Waals surface area contributed by atoms with Gasteiger partial charge in [-0.15, -0.1) is 31.4 Å². The summed E-state index contributed by atoms with van der Waals surface area (Å²) in [5.74, 6) is 1.63. The lowest BCUT2D eigenvalue weighted by atomic mass is 9.99. The Bertz CT molecular complexity index is 737. The van der Waals surface area contributed by atoms with E-state index in [0.29, 0.717) is 19.3 Å². The summed E-state index contributed by atoms with van der Waals surface area (Å²) in [5, 5.41) is 3.44. The Morgan fingerprint density at radius 2 is 1.77 bits per heavy atom. The van der Waals surface area contributed by atoms with E-state index in [2.05, 4.69) is 47.1 Å². The summed E-state index contributed by atoms with van der Waals surface area (Å²) in [4.78, 5) is 2.57. The SMILES string of the molecule is C=CCC[C@H](c1ccc(OCc2ccccc2)c(OCC)c1)N1CCNCC1.Cl.Cl. The molecule has 0 aliphatic carbocycles. The van der Waals surface area contributed by atoms with Crippen LogP contribution < -0.4 is 14.8 Å². The van der Waals surface area contributed by atoms with Crippen LogP contribution in [-0.2, 0) is 6.61 Å². The molecule has 0 spiro atoms. The molecule has 1 N–H and O–H groups in total. The van der Waals surface area contributed by atoms with Crippen molar-refractivity contribution in [2.75, 3.05) is 32.8 Å². The number of nitrogens with one attached hydrogen (secondary N) is 1. The maximum absolute atomic E-state index is 6.07. The van der Waals surface area contributed by atoms with Crippen molar-refractivity contribution in [2.45, 2.75) is 32.4 Å². The molecule has 3 rings (SSSR count). The fourth-order valence-corrected chi connectivity index (χ4v) is 3.68. The van der Waals surface area contributed by atoms with Crippen molar-refractivity contribution in [2.24, 2.45) is 0 Å². The van der Waals surface area contributed by atoms with Crippen LogP contribution in [0.1, 0.15) is 36.9 Å². The number of rotatable bonds is 10. The number of allylic oxidation sites excluding steroid dienone is 1. The van der Waals surface area contributed by atoms with Gasteiger partial charge >= 0.3 is 0 Å². The molecule has 166 valence electrons. The topological polar surface area (TPSA) is 33.7 Å². The number of ether oxygens (including phenoxy) is 2. The molecule has 30 heavy (non-hydrogen) atoms. The number of halogens is 2. The molecule has 0 amide bonds. The fourth-order valence-electron chi connectivity index (χ4n) is 3.68. The van der Waals surface area contributed by atoms with Crippen LogP contribution in [0.3, 0.4) is 0 Å². The Kier molecular flexibility index (Phi) is 12.6. The van der Waals surface area contributed by atoms with E-state index < -0.39 is 0 Å². The van der Waals surface area contributed by atoms with Gasteiger partial charge < -0.3 is 14.8 Å². The molecule has 0 bridgehead atoms. The molecule has 1 atom stereocenters. The Labute approximate surface area is 193 Å². The van der Waals surface area contributed by atoms with Crippen LogP contribution in [0, 0.1) is 0 Å². The molecule has 1 aliphatic rings. The first-order chi connectivity index (χ1) is 13.8. The quantitative estimate of drug-likeness (QED) is 0.487. The number of hydrogen-bond donors (Lipinski definition) is 1. The maximum atomic E-state index is 6.07. The summed E-state index contributed by atoms with van der Waals surface area (Å²) in [6, 6.07) is 17.0. The lowest BCUT2D eigenvalue weighted by Gasteiger charge is -2.35. The van der Waals surface area contributed by atoms with Crippen molar-refractivity contribution in [3.8, 4) is 11.5 Å². The molecule has 1 heterocycles. The Balaban J connectivity index is 0.00000225. The summed E-state index contributed by atoms with van der Waals surface area (Å²) in [5.41, 5.74) is 2.44. The summed E-state index contributed by atoms with van der Waals surface area (Å²) < 4.78 is 12.0. The maximum Gasteiger partial charge on any atom is 0.161 e. The normalized spacial score (nSPS) is 14.7. The van der Waals surface area contributed by atoms with Crippen LogP contribution in [0.25, 0.3) is 0 Å². The van der Waals surface area contributed by atoms with Gasteiger partial charge in [0.25, 0.3) is 0 Å². The minimum atomic E-state index is 0.